The van der Waals surface area contributed by atoms with Crippen LogP contribution in [0.3, 0.4) is 0 Å². The van der Waals surface area contributed by atoms with Gasteiger partial charge in [0, 0.05) is 10.3 Å². The van der Waals surface area contributed by atoms with Gasteiger partial charge < -0.3 is 9.73 Å². The first kappa shape index (κ1) is 13.2. The number of nitrogens with one attached hydrogen (secondary N) is 1. The molecule has 5 nitrogen and oxygen atoms in total. The second-order valence-corrected chi connectivity index (χ2v) is 6.39. The fourth-order valence-electron chi connectivity index (χ4n) is 2.42. The summed E-state index contributed by atoms with van der Waals surface area (Å²) in [7, 11) is 0. The van der Waals surface area contributed by atoms with Crippen LogP contribution in [0.2, 0.25) is 0 Å². The number of anilines is 1. The molecule has 0 fully saturated rings. The Balaban J connectivity index is 1.72. The topological polar surface area (TPSA) is 63.8 Å². The molecule has 110 valence electrons. The third-order valence-corrected chi connectivity index (χ3v) is 4.71. The quantitative estimate of drug-likeness (QED) is 0.618. The van der Waals surface area contributed by atoms with Gasteiger partial charge in [0.1, 0.15) is 22.4 Å². The molecule has 4 aromatic rings. The number of rotatable bonds is 3. The summed E-state index contributed by atoms with van der Waals surface area (Å²) in [6.07, 6.45) is 1.56. The molecule has 1 N–H and O–H groups in total. The molecule has 0 saturated heterocycles. The van der Waals surface area contributed by atoms with Crippen molar-refractivity contribution in [3.63, 3.8) is 0 Å². The van der Waals surface area contributed by atoms with E-state index in [2.05, 4.69) is 27.2 Å². The molecular formula is C16H14N4OS. The highest BCUT2D eigenvalue weighted by Gasteiger charge is 2.13. The van der Waals surface area contributed by atoms with Gasteiger partial charge >= 0.3 is 0 Å². The maximum absolute atomic E-state index is 5.90. The Morgan fingerprint density at radius 2 is 2.05 bits per heavy atom. The predicted octanol–water partition coefficient (Wildman–Crippen LogP) is 4.06. The SMILES string of the molecule is Cc1nc(CNc2ncnc3c2oc2ccccc23)sc1C. The van der Waals surface area contributed by atoms with Gasteiger partial charge in [0.05, 0.1) is 12.2 Å². The minimum Gasteiger partial charge on any atom is -0.450 e. The molecule has 0 bridgehead atoms. The first-order chi connectivity index (χ1) is 10.7. The minimum absolute atomic E-state index is 0.627. The van der Waals surface area contributed by atoms with Crippen LogP contribution in [0.4, 0.5) is 5.82 Å². The molecule has 0 aliphatic carbocycles. The zero-order valence-electron chi connectivity index (χ0n) is 12.3. The molecule has 4 rings (SSSR count). The number of aryl methyl sites for hydroxylation is 2. The van der Waals surface area contributed by atoms with Crippen molar-refractivity contribution >= 4 is 39.2 Å². The Bertz CT molecular complexity index is 953. The number of hydrogen-bond donors (Lipinski definition) is 1. The molecule has 0 unspecified atom stereocenters. The summed E-state index contributed by atoms with van der Waals surface area (Å²) in [5, 5.41) is 5.35. The summed E-state index contributed by atoms with van der Waals surface area (Å²) >= 11 is 1.70. The van der Waals surface area contributed by atoms with Crippen LogP contribution in [-0.4, -0.2) is 15.0 Å². The van der Waals surface area contributed by atoms with Gasteiger partial charge in [-0.25, -0.2) is 15.0 Å². The summed E-state index contributed by atoms with van der Waals surface area (Å²) in [6.45, 7) is 4.73. The molecule has 0 amide bonds. The molecule has 6 heteroatoms. The van der Waals surface area contributed by atoms with Crippen molar-refractivity contribution in [2.45, 2.75) is 20.4 Å². The van der Waals surface area contributed by atoms with E-state index in [-0.39, 0.29) is 0 Å². The van der Waals surface area contributed by atoms with Crippen LogP contribution in [-0.2, 0) is 6.54 Å². The van der Waals surface area contributed by atoms with Crippen LogP contribution < -0.4 is 5.32 Å². The van der Waals surface area contributed by atoms with Crippen LogP contribution in [0.1, 0.15) is 15.6 Å². The van der Waals surface area contributed by atoms with E-state index in [1.54, 1.807) is 17.7 Å². The molecule has 22 heavy (non-hydrogen) atoms. The van der Waals surface area contributed by atoms with Crippen LogP contribution in [0.15, 0.2) is 35.0 Å². The van der Waals surface area contributed by atoms with E-state index >= 15 is 0 Å². The van der Waals surface area contributed by atoms with Crippen LogP contribution in [0.25, 0.3) is 22.1 Å². The van der Waals surface area contributed by atoms with E-state index in [0.717, 1.165) is 27.2 Å². The van der Waals surface area contributed by atoms with Gasteiger partial charge in [0.15, 0.2) is 11.4 Å². The molecule has 0 aliphatic rings. The third-order valence-electron chi connectivity index (χ3n) is 3.64. The zero-order valence-corrected chi connectivity index (χ0v) is 13.1. The van der Waals surface area contributed by atoms with E-state index in [1.165, 1.54) is 4.88 Å². The number of hydrogen-bond acceptors (Lipinski definition) is 6. The fourth-order valence-corrected chi connectivity index (χ4v) is 3.30. The standard InChI is InChI=1S/C16H14N4OS/c1-9-10(2)22-13(20-9)7-17-16-15-14(18-8-19-16)11-5-3-4-6-12(11)21-15/h3-6,8H,7H2,1-2H3,(H,17,18,19). The summed E-state index contributed by atoms with van der Waals surface area (Å²) in [6, 6.07) is 7.87. The van der Waals surface area contributed by atoms with Gasteiger partial charge in [-0.1, -0.05) is 12.1 Å². The molecule has 1 aromatic carbocycles. The largest absolute Gasteiger partial charge is 0.450 e. The molecule has 0 radical (unpaired) electrons. The second-order valence-electron chi connectivity index (χ2n) is 5.10. The Morgan fingerprint density at radius 1 is 1.18 bits per heavy atom. The molecule has 3 aromatic heterocycles. The summed E-state index contributed by atoms with van der Waals surface area (Å²) in [5.41, 5.74) is 3.42. The normalized spacial score (nSPS) is 11.4. The summed E-state index contributed by atoms with van der Waals surface area (Å²) < 4.78 is 5.90. The summed E-state index contributed by atoms with van der Waals surface area (Å²) in [4.78, 5) is 14.4. The van der Waals surface area contributed by atoms with E-state index < -0.39 is 0 Å². The lowest BCUT2D eigenvalue weighted by Gasteiger charge is -2.02. The summed E-state index contributed by atoms with van der Waals surface area (Å²) in [5.74, 6) is 0.701. The van der Waals surface area contributed by atoms with Gasteiger partial charge in [-0.2, -0.15) is 0 Å². The molecule has 0 aliphatic heterocycles. The van der Waals surface area contributed by atoms with Gasteiger partial charge in [0.25, 0.3) is 0 Å². The van der Waals surface area contributed by atoms with Gasteiger partial charge in [-0.3, -0.25) is 0 Å². The maximum atomic E-state index is 5.90. The van der Waals surface area contributed by atoms with Crippen LogP contribution in [0.5, 0.6) is 0 Å². The van der Waals surface area contributed by atoms with Gasteiger partial charge in [0.2, 0.25) is 0 Å². The average Bonchev–Trinajstić information content (AvgIpc) is 3.06. The predicted molar refractivity (Wildman–Crippen MR) is 88.2 cm³/mol. The molecular weight excluding hydrogens is 296 g/mol. The van der Waals surface area contributed by atoms with Crippen molar-refractivity contribution in [1.29, 1.82) is 0 Å². The monoisotopic (exact) mass is 310 g/mol. The molecule has 0 spiro atoms. The highest BCUT2D eigenvalue weighted by molar-refractivity contribution is 7.11. The molecule has 3 heterocycles. The Kier molecular flexibility index (Phi) is 3.04. The fraction of sp³-hybridized carbons (Fsp3) is 0.188. The number of para-hydroxylation sites is 1. The maximum Gasteiger partial charge on any atom is 0.196 e. The van der Waals surface area contributed by atoms with E-state index in [1.807, 2.05) is 31.2 Å². The van der Waals surface area contributed by atoms with Gasteiger partial charge in [-0.15, -0.1) is 11.3 Å². The zero-order chi connectivity index (χ0) is 15.1. The first-order valence-corrected chi connectivity index (χ1v) is 7.83. The lowest BCUT2D eigenvalue weighted by molar-refractivity contribution is 0.666. The van der Waals surface area contributed by atoms with E-state index in [4.69, 9.17) is 4.42 Å². The minimum atomic E-state index is 0.627. The Hall–Kier alpha value is -2.47. The number of fused-ring (bicyclic) bond motifs is 3. The number of aromatic nitrogens is 3. The van der Waals surface area contributed by atoms with Crippen molar-refractivity contribution in [2.24, 2.45) is 0 Å². The lowest BCUT2D eigenvalue weighted by Crippen LogP contribution is -2.01. The second kappa shape index (κ2) is 5.06. The highest BCUT2D eigenvalue weighted by atomic mass is 32.1. The Labute approximate surface area is 131 Å². The number of nitrogens with zero attached hydrogens (tertiary/aromatic N) is 3. The average molecular weight is 310 g/mol. The number of benzene rings is 1. The van der Waals surface area contributed by atoms with Gasteiger partial charge in [-0.05, 0) is 26.0 Å². The van der Waals surface area contributed by atoms with Crippen molar-refractivity contribution < 1.29 is 4.42 Å². The highest BCUT2D eigenvalue weighted by Crippen LogP contribution is 2.30. The van der Waals surface area contributed by atoms with E-state index in [0.29, 0.717) is 17.9 Å². The van der Waals surface area contributed by atoms with Crippen molar-refractivity contribution in [3.05, 3.63) is 46.2 Å². The first-order valence-electron chi connectivity index (χ1n) is 7.01. The number of thiazole rings is 1. The number of furan rings is 1. The van der Waals surface area contributed by atoms with Crippen LogP contribution in [0, 0.1) is 13.8 Å². The molecule has 0 saturated carbocycles. The van der Waals surface area contributed by atoms with Crippen molar-refractivity contribution in [1.82, 2.24) is 15.0 Å². The Morgan fingerprint density at radius 3 is 2.86 bits per heavy atom. The smallest absolute Gasteiger partial charge is 0.196 e. The van der Waals surface area contributed by atoms with Crippen molar-refractivity contribution in [2.75, 3.05) is 5.32 Å². The molecule has 0 atom stereocenters. The third kappa shape index (κ3) is 2.12. The van der Waals surface area contributed by atoms with Crippen molar-refractivity contribution in [3.8, 4) is 0 Å². The van der Waals surface area contributed by atoms with Crippen LogP contribution >= 0.6 is 11.3 Å². The lowest BCUT2D eigenvalue weighted by atomic mass is 10.2. The van der Waals surface area contributed by atoms with E-state index in [9.17, 15) is 0 Å².